The first-order valence-corrected chi connectivity index (χ1v) is 2.95. The van der Waals surface area contributed by atoms with E-state index in [1.807, 2.05) is 6.92 Å². The van der Waals surface area contributed by atoms with Gasteiger partial charge in [0.2, 0.25) is 5.91 Å². The predicted octanol–water partition coefficient (Wildman–Crippen LogP) is 0.848. The summed E-state index contributed by atoms with van der Waals surface area (Å²) in [4.78, 5) is 10.5. The van der Waals surface area contributed by atoms with Gasteiger partial charge < -0.3 is 5.32 Å². The van der Waals surface area contributed by atoms with E-state index in [-0.39, 0.29) is 24.7 Å². The van der Waals surface area contributed by atoms with Gasteiger partial charge in [-0.3, -0.25) is 4.79 Å². The smallest absolute Gasteiger partial charge is 0.234 e. The molecule has 0 unspecified atom stereocenters. The lowest BCUT2D eigenvalue weighted by molar-refractivity contribution is -0.120. The molecule has 0 aliphatic rings. The zero-order chi connectivity index (χ0) is 7.11. The van der Waals surface area contributed by atoms with Crippen molar-refractivity contribution in [2.24, 2.45) is 0 Å². The van der Waals surface area contributed by atoms with Crippen LogP contribution in [0.2, 0.25) is 0 Å². The quantitative estimate of drug-likeness (QED) is 0.669. The molecule has 0 fully saturated rings. The van der Waals surface area contributed by atoms with Crippen molar-refractivity contribution >= 4 is 18.3 Å². The summed E-state index contributed by atoms with van der Waals surface area (Å²) in [5, 5.41) is 10.6. The molecule has 0 rings (SSSR count). The zero-order valence-corrected chi connectivity index (χ0v) is 6.70. The van der Waals surface area contributed by atoms with Crippen molar-refractivity contribution in [3.05, 3.63) is 0 Å². The number of nitrogens with zero attached hydrogens (tertiary/aromatic N) is 1. The summed E-state index contributed by atoms with van der Waals surface area (Å²) in [6.45, 7) is 2.63. The first-order chi connectivity index (χ1) is 4.31. The van der Waals surface area contributed by atoms with Crippen LogP contribution < -0.4 is 5.32 Å². The predicted molar refractivity (Wildman–Crippen MR) is 40.8 cm³/mol. The van der Waals surface area contributed by atoms with Crippen LogP contribution >= 0.6 is 12.4 Å². The van der Waals surface area contributed by atoms with Crippen LogP contribution in [0.3, 0.4) is 0 Å². The van der Waals surface area contributed by atoms with Gasteiger partial charge in [-0.05, 0) is 6.42 Å². The number of hydrogen-bond donors (Lipinski definition) is 1. The number of halogens is 1. The third kappa shape index (κ3) is 7.25. The molecule has 4 heteroatoms. The van der Waals surface area contributed by atoms with E-state index in [0.29, 0.717) is 6.54 Å². The fourth-order valence-electron chi connectivity index (χ4n) is 0.399. The number of hydrogen-bond acceptors (Lipinski definition) is 2. The number of amides is 1. The fourth-order valence-corrected chi connectivity index (χ4v) is 0.399. The summed E-state index contributed by atoms with van der Waals surface area (Å²) in [5.41, 5.74) is 0. The molecular weight excluding hydrogens is 152 g/mol. The van der Waals surface area contributed by atoms with Gasteiger partial charge in [-0.1, -0.05) is 6.92 Å². The van der Waals surface area contributed by atoms with Gasteiger partial charge in [-0.25, -0.2) is 0 Å². The van der Waals surface area contributed by atoms with Crippen LogP contribution in [0.5, 0.6) is 0 Å². The highest BCUT2D eigenvalue weighted by molar-refractivity contribution is 5.85. The summed E-state index contributed by atoms with van der Waals surface area (Å²) in [6, 6.07) is 1.76. The number of nitriles is 1. The molecule has 0 spiro atoms. The van der Waals surface area contributed by atoms with Crippen molar-refractivity contribution in [3.8, 4) is 6.07 Å². The van der Waals surface area contributed by atoms with Gasteiger partial charge in [0, 0.05) is 6.54 Å². The Kier molecular flexibility index (Phi) is 9.88. The first kappa shape index (κ1) is 12.0. The van der Waals surface area contributed by atoms with E-state index >= 15 is 0 Å². The van der Waals surface area contributed by atoms with E-state index in [4.69, 9.17) is 5.26 Å². The SMILES string of the molecule is CCCNC(=O)CC#N.Cl. The molecule has 0 aliphatic carbocycles. The summed E-state index contributed by atoms with van der Waals surface area (Å²) >= 11 is 0. The first-order valence-electron chi connectivity index (χ1n) is 2.95. The van der Waals surface area contributed by atoms with Gasteiger partial charge in [0.15, 0.2) is 0 Å². The van der Waals surface area contributed by atoms with E-state index in [9.17, 15) is 4.79 Å². The monoisotopic (exact) mass is 162 g/mol. The largest absolute Gasteiger partial charge is 0.355 e. The molecule has 0 radical (unpaired) electrons. The van der Waals surface area contributed by atoms with Crippen molar-refractivity contribution < 1.29 is 4.79 Å². The van der Waals surface area contributed by atoms with Crippen molar-refractivity contribution in [2.75, 3.05) is 6.54 Å². The van der Waals surface area contributed by atoms with Gasteiger partial charge in [0.1, 0.15) is 6.42 Å². The van der Waals surface area contributed by atoms with Crippen LogP contribution in [0.15, 0.2) is 0 Å². The standard InChI is InChI=1S/C6H10N2O.ClH/c1-2-5-8-6(9)3-4-7;/h2-3,5H2,1H3,(H,8,9);1H. The third-order valence-electron chi connectivity index (χ3n) is 0.812. The Bertz CT molecular complexity index is 130. The Hall–Kier alpha value is -0.750. The van der Waals surface area contributed by atoms with Crippen LogP contribution in [0, 0.1) is 11.3 Å². The minimum Gasteiger partial charge on any atom is -0.355 e. The highest BCUT2D eigenvalue weighted by Gasteiger charge is 1.94. The lowest BCUT2D eigenvalue weighted by Crippen LogP contribution is -2.22. The molecule has 0 saturated carbocycles. The van der Waals surface area contributed by atoms with Gasteiger partial charge in [0.05, 0.1) is 6.07 Å². The van der Waals surface area contributed by atoms with E-state index in [1.165, 1.54) is 0 Å². The Labute approximate surface area is 66.8 Å². The Morgan fingerprint density at radius 3 is 2.70 bits per heavy atom. The summed E-state index contributed by atoms with van der Waals surface area (Å²) < 4.78 is 0. The molecule has 3 nitrogen and oxygen atoms in total. The van der Waals surface area contributed by atoms with Crippen molar-refractivity contribution in [3.63, 3.8) is 0 Å². The average molecular weight is 163 g/mol. The lowest BCUT2D eigenvalue weighted by atomic mass is 10.4. The molecule has 0 bridgehead atoms. The molecule has 58 valence electrons. The minimum absolute atomic E-state index is 0. The molecule has 0 aromatic rings. The van der Waals surface area contributed by atoms with E-state index < -0.39 is 0 Å². The second-order valence-electron chi connectivity index (χ2n) is 1.68. The van der Waals surface area contributed by atoms with Crippen molar-refractivity contribution in [2.45, 2.75) is 19.8 Å². The lowest BCUT2D eigenvalue weighted by Gasteiger charge is -1.96. The third-order valence-corrected chi connectivity index (χ3v) is 0.812. The highest BCUT2D eigenvalue weighted by Crippen LogP contribution is 1.75. The van der Waals surface area contributed by atoms with Gasteiger partial charge >= 0.3 is 0 Å². The molecule has 10 heavy (non-hydrogen) atoms. The molecule has 0 atom stereocenters. The van der Waals surface area contributed by atoms with Crippen molar-refractivity contribution in [1.29, 1.82) is 5.26 Å². The maximum atomic E-state index is 10.5. The fraction of sp³-hybridized carbons (Fsp3) is 0.667. The summed E-state index contributed by atoms with van der Waals surface area (Å²) in [5.74, 6) is -0.181. The number of carbonyl (C=O) groups is 1. The maximum absolute atomic E-state index is 10.5. The summed E-state index contributed by atoms with van der Waals surface area (Å²) in [7, 11) is 0. The van der Waals surface area contributed by atoms with E-state index in [0.717, 1.165) is 6.42 Å². The normalized spacial score (nSPS) is 7.20. The molecule has 0 aliphatic heterocycles. The molecule has 0 heterocycles. The minimum atomic E-state index is -0.181. The molecular formula is C6H11ClN2O. The van der Waals surface area contributed by atoms with Gasteiger partial charge in [0.25, 0.3) is 0 Å². The van der Waals surface area contributed by atoms with Crippen LogP contribution in [-0.2, 0) is 4.79 Å². The van der Waals surface area contributed by atoms with Gasteiger partial charge in [-0.2, -0.15) is 5.26 Å². The van der Waals surface area contributed by atoms with Crippen LogP contribution in [0.1, 0.15) is 19.8 Å². The van der Waals surface area contributed by atoms with E-state index in [1.54, 1.807) is 6.07 Å². The number of nitrogens with one attached hydrogen (secondary N) is 1. The molecule has 1 amide bonds. The number of carbonyl (C=O) groups excluding carboxylic acids is 1. The number of rotatable bonds is 3. The average Bonchev–Trinajstić information content (AvgIpc) is 1.85. The second-order valence-corrected chi connectivity index (χ2v) is 1.68. The van der Waals surface area contributed by atoms with Crippen LogP contribution in [0.4, 0.5) is 0 Å². The maximum Gasteiger partial charge on any atom is 0.234 e. The van der Waals surface area contributed by atoms with Crippen molar-refractivity contribution in [1.82, 2.24) is 5.32 Å². The molecule has 0 aromatic carbocycles. The Morgan fingerprint density at radius 2 is 2.30 bits per heavy atom. The van der Waals surface area contributed by atoms with E-state index in [2.05, 4.69) is 5.32 Å². The second kappa shape index (κ2) is 8.25. The molecule has 0 aromatic heterocycles. The highest BCUT2D eigenvalue weighted by atomic mass is 35.5. The van der Waals surface area contributed by atoms with Gasteiger partial charge in [-0.15, -0.1) is 12.4 Å². The topological polar surface area (TPSA) is 52.9 Å². The molecule has 1 N–H and O–H groups in total. The van der Waals surface area contributed by atoms with Crippen LogP contribution in [0.25, 0.3) is 0 Å². The summed E-state index contributed by atoms with van der Waals surface area (Å²) in [6.07, 6.45) is 0.886. The Morgan fingerprint density at radius 1 is 1.70 bits per heavy atom. The molecule has 0 saturated heterocycles. The van der Waals surface area contributed by atoms with Crippen LogP contribution in [-0.4, -0.2) is 12.5 Å². The Balaban J connectivity index is 0. The zero-order valence-electron chi connectivity index (χ0n) is 5.89.